The zero-order valence-electron chi connectivity index (χ0n) is 19.1. The minimum absolute atomic E-state index is 0.0364. The van der Waals surface area contributed by atoms with E-state index in [0.717, 1.165) is 24.8 Å². The highest BCUT2D eigenvalue weighted by Crippen LogP contribution is 2.32. The molecule has 2 aromatic rings. The van der Waals surface area contributed by atoms with Gasteiger partial charge in [0.25, 0.3) is 5.91 Å². The maximum absolute atomic E-state index is 13.0. The summed E-state index contributed by atoms with van der Waals surface area (Å²) in [4.78, 5) is 27.4. The van der Waals surface area contributed by atoms with Crippen LogP contribution in [-0.2, 0) is 14.8 Å². The van der Waals surface area contributed by atoms with Crippen molar-refractivity contribution in [3.63, 3.8) is 0 Å². The number of nitrogens with one attached hydrogen (secondary N) is 2. The Labute approximate surface area is 199 Å². The smallest absolute Gasteiger partial charge is 0.256 e. The van der Waals surface area contributed by atoms with Crippen molar-refractivity contribution in [3.8, 4) is 11.5 Å². The van der Waals surface area contributed by atoms with Crippen molar-refractivity contribution in [2.75, 3.05) is 38.2 Å². The van der Waals surface area contributed by atoms with Crippen LogP contribution in [0.1, 0.15) is 41.6 Å². The first-order valence-corrected chi connectivity index (χ1v) is 12.9. The lowest BCUT2D eigenvalue weighted by Gasteiger charge is -2.19. The number of amides is 2. The molecule has 10 heteroatoms. The van der Waals surface area contributed by atoms with Crippen molar-refractivity contribution in [1.82, 2.24) is 9.62 Å². The third-order valence-electron chi connectivity index (χ3n) is 5.83. The van der Waals surface area contributed by atoms with Crippen LogP contribution in [0.3, 0.4) is 0 Å². The molecule has 0 aromatic heterocycles. The Bertz CT molecular complexity index is 1180. The number of benzene rings is 2. The summed E-state index contributed by atoms with van der Waals surface area (Å²) in [6.45, 7) is 4.13. The maximum Gasteiger partial charge on any atom is 0.256 e. The Morgan fingerprint density at radius 3 is 2.50 bits per heavy atom. The number of rotatable bonds is 7. The summed E-state index contributed by atoms with van der Waals surface area (Å²) >= 11 is 0. The minimum atomic E-state index is -3.84. The molecular formula is C24H29N3O6S. The van der Waals surface area contributed by atoms with Crippen LogP contribution in [0, 0.1) is 6.92 Å². The Morgan fingerprint density at radius 1 is 1.00 bits per heavy atom. The lowest BCUT2D eigenvalue weighted by molar-refractivity contribution is -0.116. The van der Waals surface area contributed by atoms with Crippen LogP contribution < -0.4 is 19.5 Å². The van der Waals surface area contributed by atoms with Gasteiger partial charge >= 0.3 is 0 Å². The van der Waals surface area contributed by atoms with Gasteiger partial charge in [0.15, 0.2) is 11.5 Å². The van der Waals surface area contributed by atoms with E-state index in [9.17, 15) is 18.0 Å². The Morgan fingerprint density at radius 2 is 1.74 bits per heavy atom. The SMILES string of the molecule is Cc1cccc(NC(=O)CCNS(=O)(=O)c2ccc3c(c2)OCCCO3)c1C(=O)N1CCCC1. The number of hydrogen-bond acceptors (Lipinski definition) is 6. The van der Waals surface area contributed by atoms with Gasteiger partial charge in [-0.05, 0) is 43.5 Å². The molecule has 2 aromatic carbocycles. The standard InChI is InChI=1S/C24H29N3O6S/c1-17-6-4-7-19(23(17)24(29)27-12-2-3-13-27)26-22(28)10-11-25-34(30,31)18-8-9-20-21(16-18)33-15-5-14-32-20/h4,6-9,16,25H,2-3,5,10-15H2,1H3,(H,26,28). The van der Waals surface area contributed by atoms with Gasteiger partial charge in [-0.3, -0.25) is 9.59 Å². The number of hydrogen-bond donors (Lipinski definition) is 2. The van der Waals surface area contributed by atoms with Crippen molar-refractivity contribution in [1.29, 1.82) is 0 Å². The van der Waals surface area contributed by atoms with Gasteiger partial charge in [-0.25, -0.2) is 13.1 Å². The molecule has 0 aliphatic carbocycles. The van der Waals surface area contributed by atoms with Gasteiger partial charge in [0.05, 0.1) is 29.4 Å². The Hall–Kier alpha value is -3.11. The van der Waals surface area contributed by atoms with Gasteiger partial charge in [-0.15, -0.1) is 0 Å². The highest BCUT2D eigenvalue weighted by atomic mass is 32.2. The Kier molecular flexibility index (Phi) is 7.38. The number of likely N-dealkylation sites (tertiary alicyclic amines) is 1. The van der Waals surface area contributed by atoms with Crippen molar-refractivity contribution in [3.05, 3.63) is 47.5 Å². The molecule has 34 heavy (non-hydrogen) atoms. The van der Waals surface area contributed by atoms with Crippen LogP contribution in [0.5, 0.6) is 11.5 Å². The first kappa shape index (κ1) is 24.0. The Balaban J connectivity index is 1.37. The fourth-order valence-electron chi connectivity index (χ4n) is 4.04. The fraction of sp³-hybridized carbons (Fsp3) is 0.417. The monoisotopic (exact) mass is 487 g/mol. The summed E-state index contributed by atoms with van der Waals surface area (Å²) in [5, 5.41) is 2.77. The summed E-state index contributed by atoms with van der Waals surface area (Å²) in [6, 6.07) is 9.74. The maximum atomic E-state index is 13.0. The first-order chi connectivity index (χ1) is 16.3. The normalized spacial score (nSPS) is 15.6. The number of nitrogens with zero attached hydrogens (tertiary/aromatic N) is 1. The van der Waals surface area contributed by atoms with Gasteiger partial charge in [0.1, 0.15) is 0 Å². The highest BCUT2D eigenvalue weighted by molar-refractivity contribution is 7.89. The topological polar surface area (TPSA) is 114 Å². The predicted molar refractivity (Wildman–Crippen MR) is 127 cm³/mol. The number of carbonyl (C=O) groups is 2. The predicted octanol–water partition coefficient (Wildman–Crippen LogP) is 2.70. The molecule has 2 heterocycles. The third-order valence-corrected chi connectivity index (χ3v) is 7.29. The number of carbonyl (C=O) groups excluding carboxylic acids is 2. The summed E-state index contributed by atoms with van der Waals surface area (Å²) in [5.74, 6) is 0.407. The summed E-state index contributed by atoms with van der Waals surface area (Å²) < 4.78 is 38.9. The number of ether oxygens (including phenoxy) is 2. The van der Waals surface area contributed by atoms with E-state index in [4.69, 9.17) is 9.47 Å². The molecule has 1 saturated heterocycles. The van der Waals surface area contributed by atoms with Crippen LogP contribution in [0.25, 0.3) is 0 Å². The van der Waals surface area contributed by atoms with Gasteiger partial charge in [-0.2, -0.15) is 0 Å². The average molecular weight is 488 g/mol. The van der Waals surface area contributed by atoms with E-state index in [1.165, 1.54) is 12.1 Å². The average Bonchev–Trinajstić information content (AvgIpc) is 3.24. The zero-order chi connectivity index (χ0) is 24.1. The van der Waals surface area contributed by atoms with Crippen molar-refractivity contribution >= 4 is 27.5 Å². The van der Waals surface area contributed by atoms with Gasteiger partial charge in [0, 0.05) is 38.5 Å². The second-order valence-corrected chi connectivity index (χ2v) is 10.1. The van der Waals surface area contributed by atoms with Crippen LogP contribution in [0.2, 0.25) is 0 Å². The second kappa shape index (κ2) is 10.4. The van der Waals surface area contributed by atoms with Gasteiger partial charge in [-0.1, -0.05) is 12.1 Å². The number of fused-ring (bicyclic) bond motifs is 1. The third kappa shape index (κ3) is 5.51. The van der Waals surface area contributed by atoms with E-state index in [1.54, 1.807) is 23.1 Å². The molecule has 4 rings (SSSR count). The number of aryl methyl sites for hydroxylation is 1. The zero-order valence-corrected chi connectivity index (χ0v) is 19.9. The molecule has 0 radical (unpaired) electrons. The van der Waals surface area contributed by atoms with Crippen LogP contribution in [0.15, 0.2) is 41.3 Å². The quantitative estimate of drug-likeness (QED) is 0.621. The lowest BCUT2D eigenvalue weighted by Crippen LogP contribution is -2.30. The largest absolute Gasteiger partial charge is 0.490 e. The second-order valence-electron chi connectivity index (χ2n) is 8.35. The number of sulfonamides is 1. The molecule has 2 aliphatic heterocycles. The van der Waals surface area contributed by atoms with Crippen molar-refractivity contribution in [2.24, 2.45) is 0 Å². The molecule has 2 aliphatic rings. The molecule has 2 N–H and O–H groups in total. The van der Waals surface area contributed by atoms with Crippen molar-refractivity contribution < 1.29 is 27.5 Å². The molecule has 0 bridgehead atoms. The lowest BCUT2D eigenvalue weighted by atomic mass is 10.0. The van der Waals surface area contributed by atoms with E-state index in [-0.39, 0.29) is 29.7 Å². The van der Waals surface area contributed by atoms with Crippen LogP contribution in [-0.4, -0.2) is 58.0 Å². The van der Waals surface area contributed by atoms with E-state index in [0.29, 0.717) is 49.1 Å². The molecule has 182 valence electrons. The summed E-state index contributed by atoms with van der Waals surface area (Å²) in [6.07, 6.45) is 2.58. The minimum Gasteiger partial charge on any atom is -0.490 e. The fourth-order valence-corrected chi connectivity index (χ4v) is 5.09. The molecule has 1 fully saturated rings. The van der Waals surface area contributed by atoms with Gasteiger partial charge < -0.3 is 19.7 Å². The molecule has 0 spiro atoms. The highest BCUT2D eigenvalue weighted by Gasteiger charge is 2.24. The van der Waals surface area contributed by atoms with Crippen LogP contribution >= 0.6 is 0 Å². The van der Waals surface area contributed by atoms with Crippen molar-refractivity contribution in [2.45, 2.75) is 37.5 Å². The molecule has 2 amide bonds. The molecule has 0 unspecified atom stereocenters. The molecule has 0 atom stereocenters. The van der Waals surface area contributed by atoms with E-state index in [2.05, 4.69) is 10.0 Å². The summed E-state index contributed by atoms with van der Waals surface area (Å²) in [5.41, 5.74) is 1.70. The molecule has 0 saturated carbocycles. The molecule has 9 nitrogen and oxygen atoms in total. The number of anilines is 1. The van der Waals surface area contributed by atoms with E-state index in [1.807, 2.05) is 13.0 Å². The summed E-state index contributed by atoms with van der Waals surface area (Å²) in [7, 11) is -3.84. The van der Waals surface area contributed by atoms with E-state index >= 15 is 0 Å². The van der Waals surface area contributed by atoms with E-state index < -0.39 is 10.0 Å². The van der Waals surface area contributed by atoms with Crippen LogP contribution in [0.4, 0.5) is 5.69 Å². The first-order valence-electron chi connectivity index (χ1n) is 11.4. The van der Waals surface area contributed by atoms with Gasteiger partial charge in [0.2, 0.25) is 15.9 Å². The molecular weight excluding hydrogens is 458 g/mol.